The Balaban J connectivity index is 1.95. The lowest BCUT2D eigenvalue weighted by atomic mass is 10.1. The van der Waals surface area contributed by atoms with E-state index in [1.54, 1.807) is 18.2 Å². The van der Waals surface area contributed by atoms with E-state index in [0.717, 1.165) is 16.7 Å². The molecule has 0 aliphatic carbocycles. The van der Waals surface area contributed by atoms with Crippen molar-refractivity contribution in [2.24, 2.45) is 5.10 Å². The third kappa shape index (κ3) is 4.87. The van der Waals surface area contributed by atoms with E-state index < -0.39 is 10.8 Å². The normalized spacial score (nSPS) is 10.7. The van der Waals surface area contributed by atoms with E-state index >= 15 is 0 Å². The maximum atomic E-state index is 11.8. The van der Waals surface area contributed by atoms with Crippen LogP contribution < -0.4 is 10.2 Å². The number of hydrazone groups is 1. The third-order valence-corrected chi connectivity index (χ3v) is 3.65. The molecule has 2 aromatic carbocycles. The molecule has 2 aromatic rings. The Morgan fingerprint density at radius 3 is 2.72 bits per heavy atom. The van der Waals surface area contributed by atoms with Crippen LogP contribution in [0.2, 0.25) is 0 Å². The molecule has 0 atom stereocenters. The van der Waals surface area contributed by atoms with Gasteiger partial charge in [0.15, 0.2) is 6.61 Å². The highest BCUT2D eigenvalue weighted by Gasteiger charge is 2.10. The van der Waals surface area contributed by atoms with Crippen LogP contribution in [0, 0.1) is 30.9 Å². The summed E-state index contributed by atoms with van der Waals surface area (Å²) in [5.74, 6) is 0.198. The lowest BCUT2D eigenvalue weighted by Gasteiger charge is -2.11. The number of para-hydroxylation sites is 1. The summed E-state index contributed by atoms with van der Waals surface area (Å²) < 4.78 is 5.53. The summed E-state index contributed by atoms with van der Waals surface area (Å²) in [6, 6.07) is 10.0. The molecule has 1 amide bonds. The van der Waals surface area contributed by atoms with Gasteiger partial charge in [0.1, 0.15) is 5.75 Å². The van der Waals surface area contributed by atoms with Gasteiger partial charge in [-0.2, -0.15) is 5.10 Å². The second-order valence-corrected chi connectivity index (χ2v) is 5.60. The van der Waals surface area contributed by atoms with Crippen LogP contribution in [-0.4, -0.2) is 23.7 Å². The fraction of sp³-hybridized carbons (Fsp3) is 0.222. The van der Waals surface area contributed by atoms with E-state index in [0.29, 0.717) is 11.3 Å². The molecule has 0 spiro atoms. The van der Waals surface area contributed by atoms with Crippen LogP contribution in [0.5, 0.6) is 5.75 Å². The Morgan fingerprint density at radius 1 is 1.28 bits per heavy atom. The maximum Gasteiger partial charge on any atom is 0.278 e. The smallest absolute Gasteiger partial charge is 0.278 e. The minimum Gasteiger partial charge on any atom is -0.483 e. The van der Waals surface area contributed by atoms with E-state index in [2.05, 4.69) is 10.5 Å². The lowest BCUT2D eigenvalue weighted by Crippen LogP contribution is -2.24. The zero-order valence-corrected chi connectivity index (χ0v) is 14.3. The molecule has 0 aromatic heterocycles. The molecular weight excluding hydrogens is 322 g/mol. The molecule has 0 fully saturated rings. The molecule has 0 unspecified atom stereocenters. The Labute approximate surface area is 145 Å². The van der Waals surface area contributed by atoms with Gasteiger partial charge in [0.05, 0.1) is 16.7 Å². The van der Waals surface area contributed by atoms with E-state index in [4.69, 9.17) is 4.74 Å². The number of rotatable bonds is 6. The summed E-state index contributed by atoms with van der Waals surface area (Å²) in [7, 11) is 0. The van der Waals surface area contributed by atoms with Gasteiger partial charge in [-0.05, 0) is 49.6 Å². The minimum absolute atomic E-state index is 0.0809. The molecule has 0 aliphatic heterocycles. The number of hydrogen-bond acceptors (Lipinski definition) is 5. The first-order chi connectivity index (χ1) is 11.9. The van der Waals surface area contributed by atoms with Gasteiger partial charge in [-0.1, -0.05) is 18.2 Å². The average Bonchev–Trinajstić information content (AvgIpc) is 2.57. The van der Waals surface area contributed by atoms with Crippen molar-refractivity contribution in [2.75, 3.05) is 6.61 Å². The van der Waals surface area contributed by atoms with Crippen molar-refractivity contribution in [3.63, 3.8) is 0 Å². The molecule has 130 valence electrons. The maximum absolute atomic E-state index is 11.8. The van der Waals surface area contributed by atoms with E-state index in [1.807, 2.05) is 32.9 Å². The molecule has 2 rings (SSSR count). The summed E-state index contributed by atoms with van der Waals surface area (Å²) >= 11 is 0. The van der Waals surface area contributed by atoms with Crippen LogP contribution in [0.15, 0.2) is 41.5 Å². The molecule has 1 N–H and O–H groups in total. The fourth-order valence-corrected chi connectivity index (χ4v) is 2.26. The number of hydrogen-bond donors (Lipinski definition) is 1. The highest BCUT2D eigenvalue weighted by molar-refractivity contribution is 5.86. The summed E-state index contributed by atoms with van der Waals surface area (Å²) in [5, 5.41) is 14.6. The number of nitro benzene ring substituents is 1. The van der Waals surface area contributed by atoms with Gasteiger partial charge < -0.3 is 4.74 Å². The van der Waals surface area contributed by atoms with Crippen LogP contribution in [-0.2, 0) is 4.79 Å². The van der Waals surface area contributed by atoms with Gasteiger partial charge in [0.25, 0.3) is 11.6 Å². The molecule has 0 heterocycles. The van der Waals surface area contributed by atoms with Crippen molar-refractivity contribution >= 4 is 17.8 Å². The summed E-state index contributed by atoms with van der Waals surface area (Å²) in [6.45, 7) is 5.66. The summed E-state index contributed by atoms with van der Waals surface area (Å²) in [4.78, 5) is 22.2. The molecule has 0 saturated heterocycles. The molecule has 0 saturated carbocycles. The largest absolute Gasteiger partial charge is 0.483 e. The second kappa shape index (κ2) is 8.05. The van der Waals surface area contributed by atoms with Gasteiger partial charge in [-0.3, -0.25) is 14.9 Å². The van der Waals surface area contributed by atoms with Gasteiger partial charge in [0.2, 0.25) is 0 Å². The number of nitrogens with zero attached hydrogens (tertiary/aromatic N) is 2. The first kappa shape index (κ1) is 18.1. The third-order valence-electron chi connectivity index (χ3n) is 3.65. The zero-order chi connectivity index (χ0) is 18.4. The van der Waals surface area contributed by atoms with Crippen LogP contribution in [0.3, 0.4) is 0 Å². The number of ether oxygens (including phenoxy) is 1. The first-order valence-electron chi connectivity index (χ1n) is 7.64. The molecular formula is C18H19N3O4. The van der Waals surface area contributed by atoms with Crippen LogP contribution in [0.25, 0.3) is 0 Å². The standard InChI is InChI=1S/C18H19N3O4/c1-12-8-13(2)14(3)17(9-12)25-11-18(22)20-19-10-15-6-4-5-7-16(15)21(23)24/h4-10H,11H2,1-3H3,(H,20,22)/b19-10+. The summed E-state index contributed by atoms with van der Waals surface area (Å²) in [5.41, 5.74) is 5.63. The molecule has 0 bridgehead atoms. The van der Waals surface area contributed by atoms with Crippen LogP contribution in [0.1, 0.15) is 22.3 Å². The van der Waals surface area contributed by atoms with Gasteiger partial charge in [0, 0.05) is 6.07 Å². The Bertz CT molecular complexity index is 831. The number of amides is 1. The van der Waals surface area contributed by atoms with Crippen molar-refractivity contribution in [1.82, 2.24) is 5.43 Å². The minimum atomic E-state index is -0.505. The van der Waals surface area contributed by atoms with Crippen molar-refractivity contribution in [3.8, 4) is 5.75 Å². The van der Waals surface area contributed by atoms with E-state index in [9.17, 15) is 14.9 Å². The van der Waals surface area contributed by atoms with Gasteiger partial charge in [-0.25, -0.2) is 5.43 Å². The molecule has 0 radical (unpaired) electrons. The number of nitrogens with one attached hydrogen (secondary N) is 1. The van der Waals surface area contributed by atoms with Gasteiger partial charge >= 0.3 is 0 Å². The highest BCUT2D eigenvalue weighted by atomic mass is 16.6. The predicted molar refractivity (Wildman–Crippen MR) is 95.0 cm³/mol. The monoisotopic (exact) mass is 341 g/mol. The first-order valence-corrected chi connectivity index (χ1v) is 7.64. The Kier molecular flexibility index (Phi) is 5.84. The second-order valence-electron chi connectivity index (χ2n) is 5.60. The molecule has 7 heteroatoms. The zero-order valence-electron chi connectivity index (χ0n) is 14.3. The number of aryl methyl sites for hydroxylation is 2. The number of nitro groups is 1. The van der Waals surface area contributed by atoms with E-state index in [-0.39, 0.29) is 12.3 Å². The lowest BCUT2D eigenvalue weighted by molar-refractivity contribution is -0.385. The van der Waals surface area contributed by atoms with Crippen LogP contribution >= 0.6 is 0 Å². The average molecular weight is 341 g/mol. The topological polar surface area (TPSA) is 93.8 Å². The number of carbonyl (C=O) groups is 1. The van der Waals surface area contributed by atoms with Crippen molar-refractivity contribution in [3.05, 3.63) is 68.8 Å². The van der Waals surface area contributed by atoms with Gasteiger partial charge in [-0.15, -0.1) is 0 Å². The highest BCUT2D eigenvalue weighted by Crippen LogP contribution is 2.23. The predicted octanol–water partition coefficient (Wildman–Crippen LogP) is 3.05. The van der Waals surface area contributed by atoms with Crippen molar-refractivity contribution < 1.29 is 14.5 Å². The van der Waals surface area contributed by atoms with E-state index in [1.165, 1.54) is 12.3 Å². The quantitative estimate of drug-likeness (QED) is 0.496. The SMILES string of the molecule is Cc1cc(C)c(C)c(OCC(=O)N/N=C/c2ccccc2[N+](=O)[O-])c1. The number of carbonyl (C=O) groups excluding carboxylic acids is 1. The van der Waals surface area contributed by atoms with Crippen molar-refractivity contribution in [1.29, 1.82) is 0 Å². The number of benzene rings is 2. The summed E-state index contributed by atoms with van der Waals surface area (Å²) in [6.07, 6.45) is 1.23. The molecule has 7 nitrogen and oxygen atoms in total. The molecule has 25 heavy (non-hydrogen) atoms. The fourth-order valence-electron chi connectivity index (χ4n) is 2.26. The molecule has 0 aliphatic rings. The van der Waals surface area contributed by atoms with Crippen molar-refractivity contribution in [2.45, 2.75) is 20.8 Å². The Morgan fingerprint density at radius 2 is 2.00 bits per heavy atom. The van der Waals surface area contributed by atoms with Crippen LogP contribution in [0.4, 0.5) is 5.69 Å². The Hall–Kier alpha value is -3.22.